The summed E-state index contributed by atoms with van der Waals surface area (Å²) in [6.45, 7) is 0. The zero-order chi connectivity index (χ0) is 9.38. The predicted molar refractivity (Wildman–Crippen MR) is 59.2 cm³/mol. The topological polar surface area (TPSA) is 12.0 Å². The average Bonchev–Trinajstić information content (AvgIpc) is 2.99. The first-order valence-electron chi connectivity index (χ1n) is 6.69. The zero-order valence-corrected chi connectivity index (χ0v) is 9.17. The van der Waals surface area contributed by atoms with Gasteiger partial charge in [-0.05, 0) is 50.4 Å². The highest BCUT2D eigenvalue weighted by molar-refractivity contribution is 4.97. The van der Waals surface area contributed by atoms with Crippen LogP contribution in [0.25, 0.3) is 0 Å². The fraction of sp³-hybridized carbons (Fsp3) is 1.00. The molecule has 2 unspecified atom stereocenters. The van der Waals surface area contributed by atoms with Gasteiger partial charge in [0, 0.05) is 12.1 Å². The van der Waals surface area contributed by atoms with E-state index in [9.17, 15) is 0 Å². The molecule has 3 fully saturated rings. The summed E-state index contributed by atoms with van der Waals surface area (Å²) in [7, 11) is 0. The molecule has 0 spiro atoms. The summed E-state index contributed by atoms with van der Waals surface area (Å²) in [5.41, 5.74) is 0. The van der Waals surface area contributed by atoms with Crippen molar-refractivity contribution in [2.75, 3.05) is 0 Å². The fourth-order valence-corrected chi connectivity index (χ4v) is 3.39. The molecule has 2 atom stereocenters. The molecule has 1 nitrogen and oxygen atoms in total. The summed E-state index contributed by atoms with van der Waals surface area (Å²) in [6, 6.07) is 1.81. The van der Waals surface area contributed by atoms with Crippen LogP contribution in [-0.2, 0) is 0 Å². The first kappa shape index (κ1) is 9.21. The Bertz CT molecular complexity index is 191. The maximum atomic E-state index is 3.93. The molecule has 0 heterocycles. The van der Waals surface area contributed by atoms with Gasteiger partial charge in [-0.2, -0.15) is 0 Å². The summed E-state index contributed by atoms with van der Waals surface area (Å²) in [5.74, 6) is 2.21. The van der Waals surface area contributed by atoms with E-state index in [0.29, 0.717) is 0 Å². The minimum absolute atomic E-state index is 0.885. The smallest absolute Gasteiger partial charge is 0.0101 e. The van der Waals surface area contributed by atoms with Crippen LogP contribution in [0.4, 0.5) is 0 Å². The van der Waals surface area contributed by atoms with Gasteiger partial charge < -0.3 is 5.32 Å². The molecule has 1 N–H and O–H groups in total. The third-order valence-electron chi connectivity index (χ3n) is 4.61. The molecule has 0 radical (unpaired) electrons. The van der Waals surface area contributed by atoms with Gasteiger partial charge in [0.15, 0.2) is 0 Å². The van der Waals surface area contributed by atoms with Crippen LogP contribution in [0.1, 0.15) is 57.8 Å². The second kappa shape index (κ2) is 3.84. The van der Waals surface area contributed by atoms with Crippen LogP contribution in [0, 0.1) is 11.8 Å². The number of nitrogens with one attached hydrogen (secondary N) is 1. The van der Waals surface area contributed by atoms with Crippen molar-refractivity contribution in [3.63, 3.8) is 0 Å². The Morgan fingerprint density at radius 1 is 0.714 bits per heavy atom. The van der Waals surface area contributed by atoms with Crippen molar-refractivity contribution in [2.24, 2.45) is 11.8 Å². The van der Waals surface area contributed by atoms with Gasteiger partial charge in [0.05, 0.1) is 0 Å². The van der Waals surface area contributed by atoms with Crippen molar-refractivity contribution < 1.29 is 0 Å². The molecule has 80 valence electrons. The Labute approximate surface area is 87.7 Å². The highest BCUT2D eigenvalue weighted by atomic mass is 15.0. The van der Waals surface area contributed by atoms with Crippen molar-refractivity contribution in [3.05, 3.63) is 0 Å². The van der Waals surface area contributed by atoms with Crippen LogP contribution in [0.2, 0.25) is 0 Å². The van der Waals surface area contributed by atoms with E-state index in [1.165, 1.54) is 57.8 Å². The van der Waals surface area contributed by atoms with E-state index < -0.39 is 0 Å². The Morgan fingerprint density at radius 3 is 2.07 bits per heavy atom. The van der Waals surface area contributed by atoms with Gasteiger partial charge in [-0.1, -0.05) is 19.3 Å². The van der Waals surface area contributed by atoms with E-state index in [1.807, 2.05) is 0 Å². The van der Waals surface area contributed by atoms with Crippen LogP contribution in [0.3, 0.4) is 0 Å². The van der Waals surface area contributed by atoms with Gasteiger partial charge in [-0.15, -0.1) is 0 Å². The molecule has 0 aliphatic heterocycles. The third-order valence-corrected chi connectivity index (χ3v) is 4.61. The molecule has 3 saturated carbocycles. The Hall–Kier alpha value is -0.0400. The van der Waals surface area contributed by atoms with E-state index in [1.54, 1.807) is 0 Å². The lowest BCUT2D eigenvalue weighted by Gasteiger charge is -2.41. The highest BCUT2D eigenvalue weighted by Crippen LogP contribution is 2.47. The van der Waals surface area contributed by atoms with E-state index >= 15 is 0 Å². The molecule has 3 aliphatic carbocycles. The normalized spacial score (nSPS) is 39.4. The van der Waals surface area contributed by atoms with Gasteiger partial charge in [-0.3, -0.25) is 0 Å². The van der Waals surface area contributed by atoms with Gasteiger partial charge in [-0.25, -0.2) is 0 Å². The molecule has 0 saturated heterocycles. The monoisotopic (exact) mass is 193 g/mol. The van der Waals surface area contributed by atoms with Crippen LogP contribution < -0.4 is 5.32 Å². The second-order valence-electron chi connectivity index (χ2n) is 5.69. The van der Waals surface area contributed by atoms with E-state index in [4.69, 9.17) is 0 Å². The van der Waals surface area contributed by atoms with E-state index in [0.717, 1.165) is 23.9 Å². The Balaban J connectivity index is 1.46. The summed E-state index contributed by atoms with van der Waals surface area (Å²) in [6.07, 6.45) is 13.4. The third kappa shape index (κ3) is 1.84. The average molecular weight is 193 g/mol. The fourth-order valence-electron chi connectivity index (χ4n) is 3.39. The largest absolute Gasteiger partial charge is 0.311 e. The number of hydrogen-bond donors (Lipinski definition) is 1. The lowest BCUT2D eigenvalue weighted by Crippen LogP contribution is -2.49. The van der Waals surface area contributed by atoms with Crippen LogP contribution in [0.5, 0.6) is 0 Å². The van der Waals surface area contributed by atoms with Crippen LogP contribution in [0.15, 0.2) is 0 Å². The maximum absolute atomic E-state index is 3.93. The van der Waals surface area contributed by atoms with Crippen molar-refractivity contribution >= 4 is 0 Å². The molecular weight excluding hydrogens is 170 g/mol. The number of rotatable bonds is 3. The molecule has 0 amide bonds. The van der Waals surface area contributed by atoms with Gasteiger partial charge in [0.1, 0.15) is 0 Å². The Morgan fingerprint density at radius 2 is 1.50 bits per heavy atom. The number of hydrogen-bond acceptors (Lipinski definition) is 1. The molecule has 0 aromatic heterocycles. The second-order valence-corrected chi connectivity index (χ2v) is 5.69. The maximum Gasteiger partial charge on any atom is 0.0101 e. The van der Waals surface area contributed by atoms with Crippen molar-refractivity contribution in [1.82, 2.24) is 5.32 Å². The van der Waals surface area contributed by atoms with E-state index in [2.05, 4.69) is 5.32 Å². The molecule has 0 aromatic rings. The van der Waals surface area contributed by atoms with Gasteiger partial charge in [0.2, 0.25) is 0 Å². The van der Waals surface area contributed by atoms with Crippen molar-refractivity contribution in [1.29, 1.82) is 0 Å². The molecular formula is C13H23N. The minimum atomic E-state index is 0.885. The summed E-state index contributed by atoms with van der Waals surface area (Å²) < 4.78 is 0. The molecule has 0 aromatic carbocycles. The lowest BCUT2D eigenvalue weighted by atomic mass is 9.75. The highest BCUT2D eigenvalue weighted by Gasteiger charge is 2.42. The Kier molecular flexibility index (Phi) is 2.53. The molecule has 3 rings (SSSR count). The predicted octanol–water partition coefficient (Wildman–Crippen LogP) is 3.10. The van der Waals surface area contributed by atoms with Crippen molar-refractivity contribution in [2.45, 2.75) is 69.9 Å². The SMILES string of the molecule is C1CCC(NC2CCC2C2CC2)CC1. The van der Waals surface area contributed by atoms with Gasteiger partial charge >= 0.3 is 0 Å². The van der Waals surface area contributed by atoms with Gasteiger partial charge in [0.25, 0.3) is 0 Å². The minimum Gasteiger partial charge on any atom is -0.311 e. The summed E-state index contributed by atoms with van der Waals surface area (Å²) >= 11 is 0. The molecule has 1 heteroatoms. The van der Waals surface area contributed by atoms with Crippen LogP contribution >= 0.6 is 0 Å². The molecule has 0 bridgehead atoms. The zero-order valence-electron chi connectivity index (χ0n) is 9.17. The lowest BCUT2D eigenvalue weighted by molar-refractivity contribution is 0.157. The summed E-state index contributed by atoms with van der Waals surface area (Å²) in [4.78, 5) is 0. The first-order valence-corrected chi connectivity index (χ1v) is 6.69. The van der Waals surface area contributed by atoms with E-state index in [-0.39, 0.29) is 0 Å². The molecule has 14 heavy (non-hydrogen) atoms. The summed E-state index contributed by atoms with van der Waals surface area (Å²) in [5, 5.41) is 3.93. The van der Waals surface area contributed by atoms with Crippen LogP contribution in [-0.4, -0.2) is 12.1 Å². The molecule has 3 aliphatic rings. The van der Waals surface area contributed by atoms with Crippen molar-refractivity contribution in [3.8, 4) is 0 Å². The quantitative estimate of drug-likeness (QED) is 0.726. The first-order chi connectivity index (χ1) is 6.93. The standard InChI is InChI=1S/C13H23N/c1-2-4-11(5-3-1)14-13-9-8-12(13)10-6-7-10/h10-14H,1-9H2.